The molecule has 0 radical (unpaired) electrons. The lowest BCUT2D eigenvalue weighted by atomic mass is 9.78. The van der Waals surface area contributed by atoms with E-state index >= 15 is 0 Å². The van der Waals surface area contributed by atoms with Crippen molar-refractivity contribution in [2.24, 2.45) is 5.41 Å². The molecule has 0 unspecified atom stereocenters. The van der Waals surface area contributed by atoms with Crippen molar-refractivity contribution in [3.63, 3.8) is 0 Å². The Morgan fingerprint density at radius 2 is 0.982 bits per heavy atom. The average Bonchev–Trinajstić information content (AvgIpc) is 3.15. The zero-order valence-electron chi connectivity index (χ0n) is 33.0. The van der Waals surface area contributed by atoms with Gasteiger partial charge in [-0.05, 0) is 31.8 Å². The zero-order chi connectivity index (χ0) is 41.0. The molecule has 0 saturated carbocycles. The third-order valence-corrected chi connectivity index (χ3v) is 8.33. The van der Waals surface area contributed by atoms with Crippen LogP contribution in [0.25, 0.3) is 0 Å². The van der Waals surface area contributed by atoms with Crippen LogP contribution in [0.5, 0.6) is 0 Å². The topological polar surface area (TPSA) is 237 Å². The minimum absolute atomic E-state index is 0.0378. The molecule has 0 aromatic carbocycles. The lowest BCUT2D eigenvalue weighted by Gasteiger charge is -2.30. The maximum Gasteiger partial charge on any atom is 0.506 e. The molecule has 19 heteroatoms. The quantitative estimate of drug-likeness (QED) is 0.0395. The normalized spacial score (nSPS) is 17.6. The molecule has 0 fully saturated rings. The van der Waals surface area contributed by atoms with Gasteiger partial charge in [-0.2, -0.15) is 0 Å². The minimum Gasteiger partial charge on any atom is -0.481 e. The molecular formula is C37H66N2O17. The Labute approximate surface area is 330 Å². The van der Waals surface area contributed by atoms with Crippen molar-refractivity contribution in [3.05, 3.63) is 12.2 Å². The molecule has 0 heterocycles. The van der Waals surface area contributed by atoms with Gasteiger partial charge in [0.25, 0.3) is 0 Å². The molecule has 0 bridgehead atoms. The maximum atomic E-state index is 12.9. The molecular weight excluding hydrogens is 744 g/mol. The summed E-state index contributed by atoms with van der Waals surface area (Å²) in [6, 6.07) is 0. The van der Waals surface area contributed by atoms with E-state index in [0.717, 1.165) is 0 Å². The number of carboxylic acids is 2. The fourth-order valence-electron chi connectivity index (χ4n) is 5.10. The van der Waals surface area contributed by atoms with Crippen molar-refractivity contribution < 1.29 is 81.9 Å². The van der Waals surface area contributed by atoms with E-state index in [0.29, 0.717) is 158 Å². The molecule has 0 aliphatic heterocycles. The van der Waals surface area contributed by atoms with E-state index in [-0.39, 0.29) is 32.0 Å². The number of allylic oxidation sites excluding steroid dienone is 1. The summed E-state index contributed by atoms with van der Waals surface area (Å²) in [7, 11) is 0. The zero-order valence-corrected chi connectivity index (χ0v) is 33.0. The Kier molecular flexibility index (Phi) is 32.1. The summed E-state index contributed by atoms with van der Waals surface area (Å²) < 4.78 is 54.5. The molecule has 326 valence electrons. The van der Waals surface area contributed by atoms with Crippen LogP contribution >= 0.6 is 0 Å². The summed E-state index contributed by atoms with van der Waals surface area (Å²) in [5.74, 6) is -1.89. The molecule has 1 aliphatic rings. The third kappa shape index (κ3) is 31.1. The molecule has 1 aliphatic carbocycles. The van der Waals surface area contributed by atoms with E-state index in [2.05, 4.69) is 10.2 Å². The number of hydrogen-bond donors (Lipinski definition) is 4. The number of aliphatic carboxylic acids is 2. The predicted molar refractivity (Wildman–Crippen MR) is 200 cm³/mol. The van der Waals surface area contributed by atoms with Crippen molar-refractivity contribution in [1.29, 1.82) is 0 Å². The summed E-state index contributed by atoms with van der Waals surface area (Å²) in [6.45, 7) is 10.9. The Morgan fingerprint density at radius 1 is 0.589 bits per heavy atom. The fourth-order valence-corrected chi connectivity index (χ4v) is 5.10. The van der Waals surface area contributed by atoms with Gasteiger partial charge >= 0.3 is 18.1 Å². The van der Waals surface area contributed by atoms with E-state index in [4.69, 9.17) is 62.7 Å². The highest BCUT2D eigenvalue weighted by Gasteiger charge is 2.34. The number of hydrogen-bond acceptors (Lipinski definition) is 15. The summed E-state index contributed by atoms with van der Waals surface area (Å²) in [5, 5.41) is 29.0. The van der Waals surface area contributed by atoms with Crippen LogP contribution in [0.1, 0.15) is 45.4 Å². The predicted octanol–water partition coefficient (Wildman–Crippen LogP) is 1.70. The first kappa shape index (κ1) is 51.0. The van der Waals surface area contributed by atoms with E-state index in [1.807, 2.05) is 13.0 Å². The fraction of sp³-hybridized carbons (Fsp3) is 0.838. The van der Waals surface area contributed by atoms with E-state index in [1.165, 1.54) is 0 Å². The van der Waals surface area contributed by atoms with E-state index in [1.54, 1.807) is 6.08 Å². The van der Waals surface area contributed by atoms with Crippen LogP contribution in [0.15, 0.2) is 12.2 Å². The van der Waals surface area contributed by atoms with Gasteiger partial charge in [0.2, 0.25) is 5.91 Å². The van der Waals surface area contributed by atoms with Crippen LogP contribution < -0.4 is 5.32 Å². The van der Waals surface area contributed by atoms with Gasteiger partial charge in [-0.15, -0.1) is 0 Å². The highest BCUT2D eigenvalue weighted by Crippen LogP contribution is 2.32. The lowest BCUT2D eigenvalue weighted by molar-refractivity contribution is -0.139. The number of carbonyl (C=O) groups is 4. The molecule has 0 aromatic heterocycles. The number of rotatable bonds is 38. The van der Waals surface area contributed by atoms with Gasteiger partial charge < -0.3 is 68.0 Å². The van der Waals surface area contributed by atoms with Gasteiger partial charge in [0.15, 0.2) is 0 Å². The van der Waals surface area contributed by atoms with Gasteiger partial charge in [0.05, 0.1) is 132 Å². The van der Waals surface area contributed by atoms with Crippen molar-refractivity contribution in [2.45, 2.75) is 51.6 Å². The maximum absolute atomic E-state index is 12.9. The van der Waals surface area contributed by atoms with Crippen LogP contribution in [-0.2, 0) is 61.8 Å². The van der Waals surface area contributed by atoms with Crippen LogP contribution in [0.4, 0.5) is 4.79 Å². The Morgan fingerprint density at radius 3 is 1.39 bits per heavy atom. The highest BCUT2D eigenvalue weighted by molar-refractivity contribution is 5.82. The smallest absolute Gasteiger partial charge is 0.481 e. The molecule has 1 rings (SSSR count). The molecule has 1 amide bonds. The SMILES string of the molecule is C[C@@]1(C(=O)NCCOCCOCCOCCN(CCOCCOCCOCCC(=O)O)CCOCCOCCOCCC(=O)O)CC/C=C/[C@H](OC(=O)O)CC1. The van der Waals surface area contributed by atoms with Crippen molar-refractivity contribution in [1.82, 2.24) is 10.2 Å². The van der Waals surface area contributed by atoms with Gasteiger partial charge in [-0.1, -0.05) is 13.0 Å². The standard InChI is InChI=1S/C37H66N2O17/c1-37(8-3-2-4-32(5-9-37)56-36(45)46)35(44)38-10-16-49-22-28-55-31-25-52-19-13-39(11-17-50-23-29-53-26-20-47-14-6-33(40)41)12-18-51-24-30-54-27-21-48-15-7-34(42)43/h2,4,32H,3,5-31H2,1H3,(H,38,44)(H,40,41)(H,42,43)(H,45,46)/b4-2+/t32-,37+/m0/s1. The lowest BCUT2D eigenvalue weighted by Crippen LogP contribution is -2.41. The monoisotopic (exact) mass is 810 g/mol. The van der Waals surface area contributed by atoms with E-state index in [9.17, 15) is 19.2 Å². The van der Waals surface area contributed by atoms with Crippen LogP contribution in [0.2, 0.25) is 0 Å². The van der Waals surface area contributed by atoms with Gasteiger partial charge in [-0.3, -0.25) is 19.3 Å². The van der Waals surface area contributed by atoms with Crippen molar-refractivity contribution in [2.75, 3.05) is 145 Å². The van der Waals surface area contributed by atoms with Gasteiger partial charge in [0, 0.05) is 31.6 Å². The number of carboxylic acid groups (broad SMARTS) is 3. The average molecular weight is 811 g/mol. The first-order valence-electron chi connectivity index (χ1n) is 19.3. The van der Waals surface area contributed by atoms with Crippen molar-refractivity contribution in [3.8, 4) is 0 Å². The number of carbonyl (C=O) groups excluding carboxylic acids is 1. The molecule has 2 atom stereocenters. The van der Waals surface area contributed by atoms with Crippen LogP contribution in [-0.4, -0.2) is 195 Å². The molecule has 56 heavy (non-hydrogen) atoms. The first-order chi connectivity index (χ1) is 27.1. The van der Waals surface area contributed by atoms with Crippen LogP contribution in [0, 0.1) is 5.41 Å². The number of ether oxygens (including phenoxy) is 10. The molecule has 0 aromatic rings. The Bertz CT molecular complexity index is 1020. The number of nitrogens with one attached hydrogen (secondary N) is 1. The summed E-state index contributed by atoms with van der Waals surface area (Å²) in [4.78, 5) is 46.9. The third-order valence-electron chi connectivity index (χ3n) is 8.33. The van der Waals surface area contributed by atoms with Crippen molar-refractivity contribution >= 4 is 24.0 Å². The van der Waals surface area contributed by atoms with Crippen LogP contribution in [0.3, 0.4) is 0 Å². The number of nitrogens with zero attached hydrogens (tertiary/aromatic N) is 1. The number of amides is 1. The summed E-state index contributed by atoms with van der Waals surface area (Å²) in [6.07, 6.45) is 3.94. The van der Waals surface area contributed by atoms with Gasteiger partial charge in [0.1, 0.15) is 6.10 Å². The van der Waals surface area contributed by atoms with Gasteiger partial charge in [-0.25, -0.2) is 4.79 Å². The molecule has 0 spiro atoms. The second-order valence-corrected chi connectivity index (χ2v) is 12.9. The van der Waals surface area contributed by atoms with E-state index < -0.39 is 29.6 Å². The largest absolute Gasteiger partial charge is 0.506 e. The minimum atomic E-state index is -1.33. The first-order valence-corrected chi connectivity index (χ1v) is 19.3. The summed E-state index contributed by atoms with van der Waals surface area (Å²) >= 11 is 0. The molecule has 0 saturated heterocycles. The summed E-state index contributed by atoms with van der Waals surface area (Å²) in [5.41, 5.74) is -0.619. The molecule has 4 N–H and O–H groups in total. The molecule has 19 nitrogen and oxygen atoms in total. The highest BCUT2D eigenvalue weighted by atomic mass is 16.7. The second kappa shape index (κ2) is 35.2. The Balaban J connectivity index is 2.17. The second-order valence-electron chi connectivity index (χ2n) is 12.9. The Hall–Kier alpha value is -2.98.